The minimum atomic E-state index is -3.56. The van der Waals surface area contributed by atoms with Crippen LogP contribution in [0.3, 0.4) is 0 Å². The second kappa shape index (κ2) is 6.24. The normalized spacial score (nSPS) is 13.5. The number of thiophene rings is 1. The van der Waals surface area contributed by atoms with Gasteiger partial charge in [0.25, 0.3) is 10.0 Å². The molecule has 0 bridgehead atoms. The smallest absolute Gasteiger partial charge is 0.251 e. The van der Waals surface area contributed by atoms with E-state index < -0.39 is 16.1 Å². The Morgan fingerprint density at radius 2 is 2.35 bits per heavy atom. The van der Waals surface area contributed by atoms with Gasteiger partial charge in [-0.1, -0.05) is 25.6 Å². The molecular weight excluding hydrogens is 344 g/mol. The first-order valence-corrected chi connectivity index (χ1v) is 8.49. The average Bonchev–Trinajstić information content (AvgIpc) is 2.64. The number of halogens is 1. The van der Waals surface area contributed by atoms with Gasteiger partial charge in [-0.15, -0.1) is 11.3 Å². The molecule has 1 heterocycles. The van der Waals surface area contributed by atoms with Crippen LogP contribution in [0.25, 0.3) is 0 Å². The molecule has 1 rings (SSSR count). The van der Waals surface area contributed by atoms with Crippen LogP contribution < -0.4 is 10.5 Å². The molecule has 1 aromatic heterocycles. The van der Waals surface area contributed by atoms with Crippen LogP contribution in [0.4, 0.5) is 0 Å². The van der Waals surface area contributed by atoms with E-state index in [1.807, 2.05) is 6.92 Å². The summed E-state index contributed by atoms with van der Waals surface area (Å²) < 4.78 is 27.4. The molecule has 3 N–H and O–H groups in total. The van der Waals surface area contributed by atoms with Crippen LogP contribution >= 0.6 is 39.5 Å². The van der Waals surface area contributed by atoms with Crippen LogP contribution in [-0.2, 0) is 10.0 Å². The van der Waals surface area contributed by atoms with Crippen molar-refractivity contribution in [2.45, 2.75) is 30.0 Å². The fourth-order valence-electron chi connectivity index (χ4n) is 1.26. The summed E-state index contributed by atoms with van der Waals surface area (Å²) in [5.41, 5.74) is 5.52. The van der Waals surface area contributed by atoms with Crippen molar-refractivity contribution in [1.29, 1.82) is 0 Å². The fourth-order valence-corrected chi connectivity index (χ4v) is 5.12. The summed E-state index contributed by atoms with van der Waals surface area (Å²) in [6, 6.07) is 1.20. The molecule has 0 aliphatic carbocycles. The van der Waals surface area contributed by atoms with Crippen LogP contribution in [0.15, 0.2) is 20.1 Å². The Hall–Kier alpha value is -0.0200. The van der Waals surface area contributed by atoms with Gasteiger partial charge in [0.15, 0.2) is 0 Å². The summed E-state index contributed by atoms with van der Waals surface area (Å²) in [7, 11) is -3.56. The molecule has 0 aliphatic rings. The number of hydrogen-bond donors (Lipinski definition) is 2. The van der Waals surface area contributed by atoms with Crippen LogP contribution in [0.1, 0.15) is 19.8 Å². The van der Waals surface area contributed by atoms with Crippen molar-refractivity contribution >= 4 is 54.5 Å². The number of thiocarbonyl (C=S) groups is 1. The Bertz CT molecular complexity index is 498. The van der Waals surface area contributed by atoms with E-state index in [2.05, 4.69) is 20.7 Å². The van der Waals surface area contributed by atoms with Crippen molar-refractivity contribution in [1.82, 2.24) is 4.72 Å². The molecule has 17 heavy (non-hydrogen) atoms. The first-order valence-electron chi connectivity index (χ1n) is 4.93. The van der Waals surface area contributed by atoms with Crippen LogP contribution in [0, 0.1) is 0 Å². The van der Waals surface area contributed by atoms with Gasteiger partial charge >= 0.3 is 0 Å². The zero-order chi connectivity index (χ0) is 13.1. The molecule has 1 unspecified atom stereocenters. The lowest BCUT2D eigenvalue weighted by Crippen LogP contribution is -2.43. The monoisotopic (exact) mass is 356 g/mol. The van der Waals surface area contributed by atoms with E-state index in [0.29, 0.717) is 10.9 Å². The van der Waals surface area contributed by atoms with Crippen LogP contribution in [0.2, 0.25) is 0 Å². The van der Waals surface area contributed by atoms with Crippen molar-refractivity contribution in [2.75, 3.05) is 0 Å². The maximum absolute atomic E-state index is 12.1. The Morgan fingerprint density at radius 1 is 1.71 bits per heavy atom. The summed E-state index contributed by atoms with van der Waals surface area (Å²) in [6.45, 7) is 1.95. The molecular formula is C9H13BrN2O2S3. The van der Waals surface area contributed by atoms with E-state index in [1.165, 1.54) is 0 Å². The Kier molecular flexibility index (Phi) is 5.52. The highest BCUT2D eigenvalue weighted by Crippen LogP contribution is 2.27. The van der Waals surface area contributed by atoms with E-state index >= 15 is 0 Å². The van der Waals surface area contributed by atoms with Crippen LogP contribution in [-0.4, -0.2) is 19.4 Å². The number of sulfonamides is 1. The van der Waals surface area contributed by atoms with E-state index in [9.17, 15) is 8.42 Å². The molecule has 0 saturated carbocycles. The van der Waals surface area contributed by atoms with Gasteiger partial charge in [-0.05, 0) is 33.8 Å². The van der Waals surface area contributed by atoms with Gasteiger partial charge in [-0.3, -0.25) is 0 Å². The summed E-state index contributed by atoms with van der Waals surface area (Å²) in [5.74, 6) is 0. The van der Waals surface area contributed by atoms with Gasteiger partial charge < -0.3 is 5.73 Å². The SMILES string of the molecule is CCCC(NS(=O)(=O)c1sccc1Br)C(N)=S. The third-order valence-electron chi connectivity index (χ3n) is 2.05. The molecule has 0 spiro atoms. The predicted octanol–water partition coefficient (Wildman–Crippen LogP) is 2.24. The van der Waals surface area contributed by atoms with Crippen molar-refractivity contribution in [3.8, 4) is 0 Å². The van der Waals surface area contributed by atoms with Crippen LogP contribution in [0.5, 0.6) is 0 Å². The largest absolute Gasteiger partial charge is 0.392 e. The summed E-state index contributed by atoms with van der Waals surface area (Å²) in [6.07, 6.45) is 1.40. The van der Waals surface area contributed by atoms with E-state index in [1.54, 1.807) is 11.4 Å². The molecule has 8 heteroatoms. The van der Waals surface area contributed by atoms with E-state index in [-0.39, 0.29) is 9.20 Å². The predicted molar refractivity (Wildman–Crippen MR) is 77.8 cm³/mol. The Balaban J connectivity index is 2.93. The van der Waals surface area contributed by atoms with Gasteiger partial charge in [0.05, 0.1) is 11.0 Å². The van der Waals surface area contributed by atoms with Gasteiger partial charge in [-0.25, -0.2) is 13.1 Å². The minimum Gasteiger partial charge on any atom is -0.392 e. The first-order chi connectivity index (χ1) is 7.88. The molecule has 0 fully saturated rings. The molecule has 1 aromatic rings. The Morgan fingerprint density at radius 3 is 2.76 bits per heavy atom. The molecule has 0 aliphatic heterocycles. The zero-order valence-corrected chi connectivity index (χ0v) is 13.2. The summed E-state index contributed by atoms with van der Waals surface area (Å²) >= 11 is 9.20. The molecule has 96 valence electrons. The number of nitrogens with one attached hydrogen (secondary N) is 1. The molecule has 0 aromatic carbocycles. The topological polar surface area (TPSA) is 72.2 Å². The van der Waals surface area contributed by atoms with Crippen molar-refractivity contribution < 1.29 is 8.42 Å². The van der Waals surface area contributed by atoms with Crippen molar-refractivity contribution in [3.05, 3.63) is 15.9 Å². The maximum Gasteiger partial charge on any atom is 0.251 e. The molecule has 0 saturated heterocycles. The number of hydrogen-bond acceptors (Lipinski definition) is 4. The van der Waals surface area contributed by atoms with E-state index in [4.69, 9.17) is 18.0 Å². The van der Waals surface area contributed by atoms with Gasteiger partial charge in [-0.2, -0.15) is 0 Å². The second-order valence-corrected chi connectivity index (χ2v) is 7.57. The highest BCUT2D eigenvalue weighted by molar-refractivity contribution is 9.10. The summed E-state index contributed by atoms with van der Waals surface area (Å²) in [5, 5.41) is 1.70. The molecule has 0 radical (unpaired) electrons. The zero-order valence-electron chi connectivity index (χ0n) is 9.14. The third kappa shape index (κ3) is 3.99. The Labute approximate surface area is 119 Å². The highest BCUT2D eigenvalue weighted by Gasteiger charge is 2.24. The quantitative estimate of drug-likeness (QED) is 0.766. The fraction of sp³-hybridized carbons (Fsp3) is 0.444. The van der Waals surface area contributed by atoms with Gasteiger partial charge in [0.2, 0.25) is 0 Å². The standard InChI is InChI=1S/C9H13BrN2O2S3/c1-2-3-7(8(11)15)12-17(13,14)9-6(10)4-5-16-9/h4-5,7,12H,2-3H2,1H3,(H2,11,15). The average molecular weight is 357 g/mol. The number of rotatable bonds is 6. The lowest BCUT2D eigenvalue weighted by molar-refractivity contribution is 0.569. The lowest BCUT2D eigenvalue weighted by Gasteiger charge is -2.16. The van der Waals surface area contributed by atoms with Crippen molar-refractivity contribution in [3.63, 3.8) is 0 Å². The molecule has 4 nitrogen and oxygen atoms in total. The van der Waals surface area contributed by atoms with E-state index in [0.717, 1.165) is 17.8 Å². The minimum absolute atomic E-state index is 0.170. The summed E-state index contributed by atoms with van der Waals surface area (Å²) in [4.78, 5) is 0.170. The molecule has 0 amide bonds. The molecule has 1 atom stereocenters. The third-order valence-corrected chi connectivity index (χ3v) is 6.47. The van der Waals surface area contributed by atoms with Gasteiger partial charge in [0, 0.05) is 4.47 Å². The van der Waals surface area contributed by atoms with Crippen molar-refractivity contribution in [2.24, 2.45) is 5.73 Å². The first kappa shape index (κ1) is 15.0. The van der Waals surface area contributed by atoms with Gasteiger partial charge in [0.1, 0.15) is 4.21 Å². The lowest BCUT2D eigenvalue weighted by atomic mass is 10.2. The second-order valence-electron chi connectivity index (χ2n) is 3.42. The highest BCUT2D eigenvalue weighted by atomic mass is 79.9. The number of nitrogens with two attached hydrogens (primary N) is 1. The maximum atomic E-state index is 12.1.